The summed E-state index contributed by atoms with van der Waals surface area (Å²) in [5, 5.41) is 0. The highest BCUT2D eigenvalue weighted by Crippen LogP contribution is 2.35. The van der Waals surface area contributed by atoms with Crippen LogP contribution in [-0.4, -0.2) is 29.0 Å². The molecular weight excluding hydrogens is 262 g/mol. The van der Waals surface area contributed by atoms with Crippen molar-refractivity contribution < 1.29 is 17.5 Å². The highest BCUT2D eigenvalue weighted by Gasteiger charge is 2.21. The third-order valence-corrected chi connectivity index (χ3v) is 3.78. The summed E-state index contributed by atoms with van der Waals surface area (Å²) in [6.07, 6.45) is 9.14. The number of hydrogen-bond donors (Lipinski definition) is 3. The van der Waals surface area contributed by atoms with Crippen LogP contribution in [-0.2, 0) is 10.4 Å². The van der Waals surface area contributed by atoms with Gasteiger partial charge in [-0.25, -0.2) is 0 Å². The normalized spacial score (nSPS) is 18.9. The molecule has 0 heterocycles. The van der Waals surface area contributed by atoms with Crippen LogP contribution in [0.25, 0.3) is 0 Å². The summed E-state index contributed by atoms with van der Waals surface area (Å²) in [6, 6.07) is 0. The van der Waals surface area contributed by atoms with Gasteiger partial charge in [0, 0.05) is 0 Å². The van der Waals surface area contributed by atoms with Crippen LogP contribution in [0.5, 0.6) is 0 Å². The average Bonchev–Trinajstić information content (AvgIpc) is 2.96. The Labute approximate surface area is 108 Å². The van der Waals surface area contributed by atoms with Gasteiger partial charge in [-0.05, 0) is 36.2 Å². The van der Waals surface area contributed by atoms with Gasteiger partial charge in [0.05, 0.1) is 0 Å². The summed E-state index contributed by atoms with van der Waals surface area (Å²) in [6.45, 7) is 0. The minimum Gasteiger partial charge on any atom is -0.344 e. The maximum Gasteiger partial charge on any atom is 0.394 e. The Bertz CT molecular complexity index is 265. The standard InChI is InChI=1S/C10H18S.H3N.H2O4S/c1-2-9(1)5-7-11-8-6-10-3-4-10;;1-5(2,3)4/h9-10H,1-8H2;1H3;(H2,1,2,3,4). The van der Waals surface area contributed by atoms with Gasteiger partial charge in [-0.3, -0.25) is 9.11 Å². The summed E-state index contributed by atoms with van der Waals surface area (Å²) >= 11 is 2.19. The lowest BCUT2D eigenvalue weighted by Gasteiger charge is -1.98. The van der Waals surface area contributed by atoms with Crippen LogP contribution in [0, 0.1) is 11.8 Å². The summed E-state index contributed by atoms with van der Waals surface area (Å²) in [7, 11) is -4.67. The van der Waals surface area contributed by atoms with Gasteiger partial charge in [0.1, 0.15) is 0 Å². The topological polar surface area (TPSA) is 110 Å². The van der Waals surface area contributed by atoms with E-state index in [0.29, 0.717) is 0 Å². The van der Waals surface area contributed by atoms with Crippen molar-refractivity contribution in [2.45, 2.75) is 38.5 Å². The highest BCUT2D eigenvalue weighted by molar-refractivity contribution is 7.99. The summed E-state index contributed by atoms with van der Waals surface area (Å²) in [5.74, 6) is 5.17. The number of rotatable bonds is 6. The van der Waals surface area contributed by atoms with Crippen LogP contribution in [0.2, 0.25) is 0 Å². The molecule has 0 spiro atoms. The van der Waals surface area contributed by atoms with Gasteiger partial charge in [0.15, 0.2) is 0 Å². The van der Waals surface area contributed by atoms with E-state index in [0.717, 1.165) is 11.8 Å². The molecule has 0 aromatic carbocycles. The molecule has 5 N–H and O–H groups in total. The second-order valence-electron chi connectivity index (χ2n) is 4.52. The molecule has 104 valence electrons. The van der Waals surface area contributed by atoms with E-state index in [2.05, 4.69) is 11.8 Å². The molecule has 0 aromatic heterocycles. The minimum absolute atomic E-state index is 0. The third kappa shape index (κ3) is 16.2. The maximum atomic E-state index is 8.74. The van der Waals surface area contributed by atoms with Crippen molar-refractivity contribution in [1.82, 2.24) is 6.15 Å². The predicted octanol–water partition coefficient (Wildman–Crippen LogP) is 2.83. The lowest BCUT2D eigenvalue weighted by Crippen LogP contribution is -1.89. The molecule has 5 nitrogen and oxygen atoms in total. The van der Waals surface area contributed by atoms with Crippen LogP contribution in [0.4, 0.5) is 0 Å². The van der Waals surface area contributed by atoms with E-state index in [1.807, 2.05) is 0 Å². The Morgan fingerprint density at radius 3 is 1.47 bits per heavy atom. The van der Waals surface area contributed by atoms with E-state index in [9.17, 15) is 0 Å². The molecule has 7 heteroatoms. The fourth-order valence-electron chi connectivity index (χ4n) is 1.42. The fraction of sp³-hybridized carbons (Fsp3) is 1.00. The van der Waals surface area contributed by atoms with E-state index in [1.165, 1.54) is 50.0 Å². The van der Waals surface area contributed by atoms with Crippen molar-refractivity contribution in [2.24, 2.45) is 11.8 Å². The largest absolute Gasteiger partial charge is 0.394 e. The molecule has 2 fully saturated rings. The van der Waals surface area contributed by atoms with Crippen LogP contribution in [0.15, 0.2) is 0 Å². The Morgan fingerprint density at radius 1 is 0.941 bits per heavy atom. The Balaban J connectivity index is 0.000000373. The number of thioether (sulfide) groups is 1. The molecule has 0 aliphatic heterocycles. The first kappa shape index (κ1) is 17.2. The average molecular weight is 285 g/mol. The molecule has 17 heavy (non-hydrogen) atoms. The molecule has 2 rings (SSSR count). The second-order valence-corrected chi connectivity index (χ2v) is 6.64. The van der Waals surface area contributed by atoms with Gasteiger partial charge in [-0.1, -0.05) is 25.7 Å². The summed E-state index contributed by atoms with van der Waals surface area (Å²) < 4.78 is 31.6. The Morgan fingerprint density at radius 2 is 1.24 bits per heavy atom. The quantitative estimate of drug-likeness (QED) is 0.511. The molecule has 2 aliphatic carbocycles. The molecular formula is C10H23NO4S2. The van der Waals surface area contributed by atoms with E-state index in [-0.39, 0.29) is 6.15 Å². The second kappa shape index (κ2) is 8.31. The lowest BCUT2D eigenvalue weighted by atomic mass is 10.3. The predicted molar refractivity (Wildman–Crippen MR) is 71.2 cm³/mol. The zero-order chi connectivity index (χ0) is 12.0. The van der Waals surface area contributed by atoms with Crippen molar-refractivity contribution in [3.63, 3.8) is 0 Å². The molecule has 0 bridgehead atoms. The zero-order valence-electron chi connectivity index (χ0n) is 10.0. The lowest BCUT2D eigenvalue weighted by molar-refractivity contribution is 0.381. The summed E-state index contributed by atoms with van der Waals surface area (Å²) in [4.78, 5) is 0. The smallest absolute Gasteiger partial charge is 0.344 e. The molecule has 0 radical (unpaired) electrons. The molecule has 2 aliphatic rings. The first-order valence-electron chi connectivity index (χ1n) is 5.73. The van der Waals surface area contributed by atoms with Crippen molar-refractivity contribution in [3.8, 4) is 0 Å². The molecule has 2 saturated carbocycles. The van der Waals surface area contributed by atoms with Crippen LogP contribution < -0.4 is 6.15 Å². The highest BCUT2D eigenvalue weighted by atomic mass is 32.3. The van der Waals surface area contributed by atoms with Gasteiger partial charge >= 0.3 is 10.4 Å². The van der Waals surface area contributed by atoms with Gasteiger partial charge in [-0.15, -0.1) is 0 Å². The molecule has 0 saturated heterocycles. The first-order chi connectivity index (χ1) is 7.45. The van der Waals surface area contributed by atoms with Crippen LogP contribution in [0.3, 0.4) is 0 Å². The Hall–Kier alpha value is 0.180. The first-order valence-corrected chi connectivity index (χ1v) is 8.28. The molecule has 0 aromatic rings. The van der Waals surface area contributed by atoms with Crippen molar-refractivity contribution in [3.05, 3.63) is 0 Å². The van der Waals surface area contributed by atoms with E-state index in [4.69, 9.17) is 17.5 Å². The van der Waals surface area contributed by atoms with E-state index < -0.39 is 10.4 Å². The monoisotopic (exact) mass is 285 g/mol. The SMILES string of the molecule is C(CC1CC1)SCCC1CC1.N.O=S(=O)(O)O. The molecule has 0 atom stereocenters. The minimum atomic E-state index is -4.67. The van der Waals surface area contributed by atoms with Crippen LogP contribution in [0.1, 0.15) is 38.5 Å². The van der Waals surface area contributed by atoms with Crippen LogP contribution >= 0.6 is 11.8 Å². The Kier molecular flexibility index (Phi) is 8.40. The van der Waals surface area contributed by atoms with Gasteiger partial charge in [-0.2, -0.15) is 20.2 Å². The van der Waals surface area contributed by atoms with E-state index >= 15 is 0 Å². The van der Waals surface area contributed by atoms with Crippen molar-refractivity contribution >= 4 is 22.2 Å². The van der Waals surface area contributed by atoms with Gasteiger partial charge < -0.3 is 6.15 Å². The maximum absolute atomic E-state index is 8.74. The van der Waals surface area contributed by atoms with Crippen molar-refractivity contribution in [2.75, 3.05) is 11.5 Å². The van der Waals surface area contributed by atoms with Crippen molar-refractivity contribution in [1.29, 1.82) is 0 Å². The molecule has 0 amide bonds. The summed E-state index contributed by atoms with van der Waals surface area (Å²) in [5.41, 5.74) is 0. The third-order valence-electron chi connectivity index (χ3n) is 2.73. The molecule has 0 unspecified atom stereocenters. The van der Waals surface area contributed by atoms with E-state index in [1.54, 1.807) is 0 Å². The number of hydrogen-bond acceptors (Lipinski definition) is 4. The fourth-order valence-corrected chi connectivity index (χ4v) is 2.62. The van der Waals surface area contributed by atoms with Gasteiger partial charge in [0.25, 0.3) is 0 Å². The zero-order valence-corrected chi connectivity index (χ0v) is 11.7. The van der Waals surface area contributed by atoms with Gasteiger partial charge in [0.2, 0.25) is 0 Å².